The zero-order valence-corrected chi connectivity index (χ0v) is 10.8. The van der Waals surface area contributed by atoms with E-state index < -0.39 is 0 Å². The lowest BCUT2D eigenvalue weighted by Gasteiger charge is -2.12. The van der Waals surface area contributed by atoms with Crippen LogP contribution in [-0.4, -0.2) is 14.4 Å². The van der Waals surface area contributed by atoms with E-state index in [2.05, 4.69) is 28.4 Å². The summed E-state index contributed by atoms with van der Waals surface area (Å²) in [5, 5.41) is 3.47. The van der Waals surface area contributed by atoms with Gasteiger partial charge in [-0.25, -0.2) is 4.98 Å². The van der Waals surface area contributed by atoms with Crippen molar-refractivity contribution in [3.63, 3.8) is 0 Å². The largest absolute Gasteiger partial charge is 0.307 e. The summed E-state index contributed by atoms with van der Waals surface area (Å²) in [6, 6.07) is 10.4. The van der Waals surface area contributed by atoms with Gasteiger partial charge in [-0.15, -0.1) is 0 Å². The molecular formula is C15H16N4. The van der Waals surface area contributed by atoms with Gasteiger partial charge in [0.25, 0.3) is 0 Å². The number of aromatic nitrogens is 3. The van der Waals surface area contributed by atoms with E-state index in [0.29, 0.717) is 0 Å². The Morgan fingerprint density at radius 3 is 2.84 bits per heavy atom. The summed E-state index contributed by atoms with van der Waals surface area (Å²) in [4.78, 5) is 8.60. The van der Waals surface area contributed by atoms with Crippen molar-refractivity contribution in [2.45, 2.75) is 19.5 Å². The molecule has 1 N–H and O–H groups in total. The van der Waals surface area contributed by atoms with Gasteiger partial charge in [0.15, 0.2) is 0 Å². The summed E-state index contributed by atoms with van der Waals surface area (Å²) in [6.45, 7) is 2.90. The number of nitrogens with one attached hydrogen (secondary N) is 1. The highest BCUT2D eigenvalue weighted by Crippen LogP contribution is 2.11. The summed E-state index contributed by atoms with van der Waals surface area (Å²) < 4.78 is 2.04. The van der Waals surface area contributed by atoms with Gasteiger partial charge in [-0.1, -0.05) is 6.07 Å². The molecule has 96 valence electrons. The highest BCUT2D eigenvalue weighted by atomic mass is 15.0. The number of rotatable bonds is 4. The summed E-state index contributed by atoms with van der Waals surface area (Å²) in [7, 11) is 0. The lowest BCUT2D eigenvalue weighted by Crippen LogP contribution is -2.18. The molecular weight excluding hydrogens is 236 g/mol. The van der Waals surface area contributed by atoms with Crippen molar-refractivity contribution in [1.82, 2.24) is 19.7 Å². The second-order valence-electron chi connectivity index (χ2n) is 4.58. The van der Waals surface area contributed by atoms with E-state index in [-0.39, 0.29) is 6.04 Å². The van der Waals surface area contributed by atoms with Gasteiger partial charge >= 0.3 is 0 Å². The number of hydrogen-bond acceptors (Lipinski definition) is 3. The maximum absolute atomic E-state index is 4.57. The fraction of sp³-hybridized carbons (Fsp3) is 0.200. The zero-order chi connectivity index (χ0) is 13.1. The lowest BCUT2D eigenvalue weighted by atomic mass is 10.1. The molecule has 4 heteroatoms. The van der Waals surface area contributed by atoms with Crippen molar-refractivity contribution >= 4 is 5.65 Å². The Balaban J connectivity index is 1.69. The van der Waals surface area contributed by atoms with Gasteiger partial charge in [-0.2, -0.15) is 0 Å². The van der Waals surface area contributed by atoms with E-state index in [1.807, 2.05) is 53.3 Å². The third kappa shape index (κ3) is 2.63. The third-order valence-electron chi connectivity index (χ3n) is 3.21. The molecule has 0 aromatic carbocycles. The van der Waals surface area contributed by atoms with Crippen LogP contribution in [0.15, 0.2) is 55.1 Å². The summed E-state index contributed by atoms with van der Waals surface area (Å²) in [5.74, 6) is 0. The standard InChI is InChI=1S/C15H16N4/c1-12(13-5-7-16-8-6-13)17-10-14-11-19-9-3-2-4-15(19)18-14/h2-9,11-12,17H,10H2,1H3/t12-/m1/s1. The molecule has 0 aliphatic rings. The van der Waals surface area contributed by atoms with Crippen LogP contribution in [-0.2, 0) is 6.54 Å². The van der Waals surface area contributed by atoms with E-state index in [4.69, 9.17) is 0 Å². The average molecular weight is 252 g/mol. The molecule has 0 spiro atoms. The predicted molar refractivity (Wildman–Crippen MR) is 74.7 cm³/mol. The van der Waals surface area contributed by atoms with E-state index >= 15 is 0 Å². The maximum atomic E-state index is 4.57. The van der Waals surface area contributed by atoms with Crippen molar-refractivity contribution in [2.75, 3.05) is 0 Å². The molecule has 4 nitrogen and oxygen atoms in total. The topological polar surface area (TPSA) is 42.2 Å². The van der Waals surface area contributed by atoms with Crippen LogP contribution in [0.3, 0.4) is 0 Å². The highest BCUT2D eigenvalue weighted by Gasteiger charge is 2.06. The lowest BCUT2D eigenvalue weighted by molar-refractivity contribution is 0.568. The molecule has 3 rings (SSSR count). The van der Waals surface area contributed by atoms with Crippen molar-refractivity contribution < 1.29 is 0 Å². The Morgan fingerprint density at radius 2 is 2.05 bits per heavy atom. The van der Waals surface area contributed by atoms with E-state index in [1.54, 1.807) is 0 Å². The van der Waals surface area contributed by atoms with Crippen LogP contribution in [0.2, 0.25) is 0 Å². The number of nitrogens with zero attached hydrogens (tertiary/aromatic N) is 3. The van der Waals surface area contributed by atoms with Gasteiger partial charge in [-0.3, -0.25) is 4.98 Å². The van der Waals surface area contributed by atoms with Crippen molar-refractivity contribution in [2.24, 2.45) is 0 Å². The fourth-order valence-electron chi connectivity index (χ4n) is 2.10. The van der Waals surface area contributed by atoms with Crippen LogP contribution < -0.4 is 5.32 Å². The number of imidazole rings is 1. The van der Waals surface area contributed by atoms with Crippen LogP contribution in [0, 0.1) is 0 Å². The Hall–Kier alpha value is -2.20. The van der Waals surface area contributed by atoms with Gasteiger partial charge in [0.2, 0.25) is 0 Å². The zero-order valence-electron chi connectivity index (χ0n) is 10.8. The first-order chi connectivity index (χ1) is 9.33. The minimum absolute atomic E-state index is 0.285. The molecule has 0 bridgehead atoms. The Morgan fingerprint density at radius 1 is 1.21 bits per heavy atom. The second kappa shape index (κ2) is 5.20. The molecule has 3 aromatic rings. The maximum Gasteiger partial charge on any atom is 0.137 e. The molecule has 0 saturated carbocycles. The molecule has 1 atom stereocenters. The quantitative estimate of drug-likeness (QED) is 0.776. The molecule has 0 aliphatic carbocycles. The van der Waals surface area contributed by atoms with Crippen LogP contribution in [0.5, 0.6) is 0 Å². The molecule has 0 amide bonds. The molecule has 3 heterocycles. The van der Waals surface area contributed by atoms with E-state index in [1.165, 1.54) is 5.56 Å². The Kier molecular flexibility index (Phi) is 3.25. The monoisotopic (exact) mass is 252 g/mol. The molecule has 0 unspecified atom stereocenters. The van der Waals surface area contributed by atoms with Gasteiger partial charge < -0.3 is 9.72 Å². The smallest absolute Gasteiger partial charge is 0.137 e. The molecule has 0 aliphatic heterocycles. The molecule has 0 radical (unpaired) electrons. The van der Waals surface area contributed by atoms with Gasteiger partial charge in [0, 0.05) is 37.4 Å². The molecule has 0 fully saturated rings. The SMILES string of the molecule is C[C@@H](NCc1cn2ccccc2n1)c1ccncc1. The number of fused-ring (bicyclic) bond motifs is 1. The molecule has 0 saturated heterocycles. The summed E-state index contributed by atoms with van der Waals surface area (Å²) in [6.07, 6.45) is 7.70. The first-order valence-electron chi connectivity index (χ1n) is 6.39. The van der Waals surface area contributed by atoms with Crippen molar-refractivity contribution in [3.05, 3.63) is 66.4 Å². The van der Waals surface area contributed by atoms with Gasteiger partial charge in [0.1, 0.15) is 5.65 Å². The fourth-order valence-corrected chi connectivity index (χ4v) is 2.10. The molecule has 3 aromatic heterocycles. The summed E-state index contributed by atoms with van der Waals surface area (Å²) >= 11 is 0. The normalized spacial score (nSPS) is 12.7. The van der Waals surface area contributed by atoms with Crippen molar-refractivity contribution in [1.29, 1.82) is 0 Å². The van der Waals surface area contributed by atoms with E-state index in [0.717, 1.165) is 17.9 Å². The van der Waals surface area contributed by atoms with Crippen LogP contribution in [0.1, 0.15) is 24.2 Å². The number of pyridine rings is 2. The molecule has 19 heavy (non-hydrogen) atoms. The Labute approximate surface area is 112 Å². The Bertz CT molecular complexity index is 627. The highest BCUT2D eigenvalue weighted by molar-refractivity contribution is 5.39. The summed E-state index contributed by atoms with van der Waals surface area (Å²) in [5.41, 5.74) is 3.27. The first kappa shape index (κ1) is 11.9. The van der Waals surface area contributed by atoms with Gasteiger partial charge in [0.05, 0.1) is 5.69 Å². The predicted octanol–water partition coefficient (Wildman–Crippen LogP) is 2.58. The van der Waals surface area contributed by atoms with Gasteiger partial charge in [-0.05, 0) is 36.8 Å². The van der Waals surface area contributed by atoms with Crippen molar-refractivity contribution in [3.8, 4) is 0 Å². The minimum atomic E-state index is 0.285. The third-order valence-corrected chi connectivity index (χ3v) is 3.21. The first-order valence-corrected chi connectivity index (χ1v) is 6.39. The van der Waals surface area contributed by atoms with E-state index in [9.17, 15) is 0 Å². The average Bonchev–Trinajstić information content (AvgIpc) is 2.88. The van der Waals surface area contributed by atoms with Crippen LogP contribution in [0.4, 0.5) is 0 Å². The minimum Gasteiger partial charge on any atom is -0.307 e. The van der Waals surface area contributed by atoms with Crippen LogP contribution in [0.25, 0.3) is 5.65 Å². The number of hydrogen-bond donors (Lipinski definition) is 1. The van der Waals surface area contributed by atoms with Crippen LogP contribution >= 0.6 is 0 Å². The second-order valence-corrected chi connectivity index (χ2v) is 4.58.